The number of hydrogen-bond acceptors (Lipinski definition) is 7. The molecule has 2 aromatic heterocycles. The highest BCUT2D eigenvalue weighted by atomic mass is 16.5. The summed E-state index contributed by atoms with van der Waals surface area (Å²) >= 11 is 0. The smallest absolute Gasteiger partial charge is 0.338 e. The third-order valence-corrected chi connectivity index (χ3v) is 6.18. The maximum Gasteiger partial charge on any atom is 0.338 e. The van der Waals surface area contributed by atoms with Gasteiger partial charge in [0, 0.05) is 24.6 Å². The first-order chi connectivity index (χ1) is 18.9. The lowest BCUT2D eigenvalue weighted by Crippen LogP contribution is -2.45. The van der Waals surface area contributed by atoms with Crippen molar-refractivity contribution in [1.29, 1.82) is 0 Å². The maximum absolute atomic E-state index is 14.0. The number of carbonyl (C=O) groups is 3. The van der Waals surface area contributed by atoms with E-state index < -0.39 is 12.0 Å². The van der Waals surface area contributed by atoms with Crippen molar-refractivity contribution >= 4 is 34.5 Å². The van der Waals surface area contributed by atoms with E-state index >= 15 is 0 Å². The number of fused-ring (bicyclic) bond motifs is 1. The Bertz CT molecular complexity index is 1420. The molecule has 1 atom stereocenters. The number of esters is 1. The van der Waals surface area contributed by atoms with Crippen molar-refractivity contribution in [2.45, 2.75) is 39.8 Å². The van der Waals surface area contributed by atoms with Gasteiger partial charge in [-0.2, -0.15) is 0 Å². The summed E-state index contributed by atoms with van der Waals surface area (Å²) < 4.78 is 6.61. The normalized spacial score (nSPS) is 11.8. The quantitative estimate of drug-likeness (QED) is 0.293. The van der Waals surface area contributed by atoms with E-state index in [1.54, 1.807) is 55.7 Å². The molecule has 4 aromatic rings. The molecule has 0 saturated carbocycles. The molecule has 0 radical (unpaired) electrons. The first-order valence-electron chi connectivity index (χ1n) is 12.9. The summed E-state index contributed by atoms with van der Waals surface area (Å²) in [7, 11) is 0. The largest absolute Gasteiger partial charge is 0.462 e. The van der Waals surface area contributed by atoms with Gasteiger partial charge in [-0.3, -0.25) is 19.5 Å². The minimum atomic E-state index is -0.990. The Morgan fingerprint density at radius 1 is 1.00 bits per heavy atom. The molecule has 10 heteroatoms. The molecule has 0 fully saturated rings. The second-order valence-electron chi connectivity index (χ2n) is 9.42. The summed E-state index contributed by atoms with van der Waals surface area (Å²) in [6.07, 6.45) is 3.96. The molecule has 0 aliphatic carbocycles. The molecular formula is C29H32N6O4. The van der Waals surface area contributed by atoms with Crippen molar-refractivity contribution in [1.82, 2.24) is 25.3 Å². The molecule has 0 aliphatic heterocycles. The van der Waals surface area contributed by atoms with Gasteiger partial charge >= 0.3 is 5.97 Å². The molecular weight excluding hydrogens is 496 g/mol. The second kappa shape index (κ2) is 12.8. The summed E-state index contributed by atoms with van der Waals surface area (Å²) in [6, 6.07) is 16.2. The van der Waals surface area contributed by atoms with Gasteiger partial charge in [-0.05, 0) is 73.4 Å². The van der Waals surface area contributed by atoms with Crippen LogP contribution in [0, 0.1) is 5.92 Å². The predicted molar refractivity (Wildman–Crippen MR) is 147 cm³/mol. The zero-order valence-corrected chi connectivity index (χ0v) is 22.3. The van der Waals surface area contributed by atoms with Crippen molar-refractivity contribution < 1.29 is 19.1 Å². The zero-order chi connectivity index (χ0) is 27.8. The standard InChI is InChI=1S/C29H32N6O4/c1-4-39-29(38)22-9-11-23(12-10-22)35(26(36)19-34-25-8-6-5-7-24(25)32-33-34)27(21-14-16-30-17-15-21)28(37)31-18-13-20(2)3/h5-12,14-17,20,27H,4,13,18-19H2,1-3H3,(H,31,37). The molecule has 39 heavy (non-hydrogen) atoms. The zero-order valence-electron chi connectivity index (χ0n) is 22.3. The van der Waals surface area contributed by atoms with Crippen molar-refractivity contribution in [2.75, 3.05) is 18.1 Å². The lowest BCUT2D eigenvalue weighted by molar-refractivity contribution is -0.127. The van der Waals surface area contributed by atoms with Gasteiger partial charge in [0.05, 0.1) is 17.7 Å². The topological polar surface area (TPSA) is 119 Å². The molecule has 0 aliphatic rings. The van der Waals surface area contributed by atoms with E-state index in [0.717, 1.165) is 6.42 Å². The number of nitrogens with one attached hydrogen (secondary N) is 1. The first kappa shape index (κ1) is 27.4. The second-order valence-corrected chi connectivity index (χ2v) is 9.42. The highest BCUT2D eigenvalue weighted by Gasteiger charge is 2.33. The van der Waals surface area contributed by atoms with Crippen LogP contribution in [0.15, 0.2) is 73.1 Å². The minimum Gasteiger partial charge on any atom is -0.462 e. The predicted octanol–water partition coefficient (Wildman–Crippen LogP) is 3.94. The molecule has 1 N–H and O–H groups in total. The van der Waals surface area contributed by atoms with Crippen molar-refractivity contribution in [3.05, 3.63) is 84.2 Å². The van der Waals surface area contributed by atoms with Gasteiger partial charge in [-0.1, -0.05) is 31.2 Å². The van der Waals surface area contributed by atoms with E-state index in [9.17, 15) is 14.4 Å². The van der Waals surface area contributed by atoms with Crippen LogP contribution in [0.5, 0.6) is 0 Å². The fourth-order valence-electron chi connectivity index (χ4n) is 4.19. The van der Waals surface area contributed by atoms with Crippen molar-refractivity contribution in [3.8, 4) is 0 Å². The third kappa shape index (κ3) is 6.64. The number of aromatic nitrogens is 4. The molecule has 1 unspecified atom stereocenters. The summed E-state index contributed by atoms with van der Waals surface area (Å²) in [5.41, 5.74) is 2.74. The SMILES string of the molecule is CCOC(=O)c1ccc(N(C(=O)Cn2nnc3ccccc32)C(C(=O)NCCC(C)C)c2ccncc2)cc1. The van der Waals surface area contributed by atoms with Crippen LogP contribution in [0.3, 0.4) is 0 Å². The van der Waals surface area contributed by atoms with E-state index in [-0.39, 0.29) is 25.0 Å². The maximum atomic E-state index is 14.0. The first-order valence-corrected chi connectivity index (χ1v) is 12.9. The van der Waals surface area contributed by atoms with Crippen LogP contribution in [-0.4, -0.2) is 50.9 Å². The van der Waals surface area contributed by atoms with E-state index in [2.05, 4.69) is 34.5 Å². The molecule has 2 heterocycles. The van der Waals surface area contributed by atoms with Crippen LogP contribution in [0.4, 0.5) is 5.69 Å². The molecule has 2 amide bonds. The molecule has 202 valence electrons. The Hall–Kier alpha value is -4.60. The van der Waals surface area contributed by atoms with Crippen LogP contribution in [0.2, 0.25) is 0 Å². The Morgan fingerprint density at radius 2 is 1.72 bits per heavy atom. The van der Waals surface area contributed by atoms with Gasteiger partial charge in [0.15, 0.2) is 0 Å². The van der Waals surface area contributed by atoms with Gasteiger partial charge < -0.3 is 10.1 Å². The van der Waals surface area contributed by atoms with Crippen LogP contribution in [-0.2, 0) is 20.9 Å². The summed E-state index contributed by atoms with van der Waals surface area (Å²) in [4.78, 5) is 45.5. The van der Waals surface area contributed by atoms with Crippen LogP contribution in [0.1, 0.15) is 49.2 Å². The number of rotatable bonds is 11. The van der Waals surface area contributed by atoms with Gasteiger partial charge in [-0.25, -0.2) is 9.48 Å². The van der Waals surface area contributed by atoms with Crippen LogP contribution < -0.4 is 10.2 Å². The fraction of sp³-hybridized carbons (Fsp3) is 0.310. The average Bonchev–Trinajstić information content (AvgIpc) is 3.34. The van der Waals surface area contributed by atoms with Crippen LogP contribution in [0.25, 0.3) is 11.0 Å². The number of para-hydroxylation sites is 1. The Labute approximate surface area is 227 Å². The molecule has 0 saturated heterocycles. The third-order valence-electron chi connectivity index (χ3n) is 6.18. The summed E-state index contributed by atoms with van der Waals surface area (Å²) in [6.45, 7) is 6.46. The molecule has 2 aromatic carbocycles. The van der Waals surface area contributed by atoms with E-state index in [4.69, 9.17) is 4.74 Å². The number of anilines is 1. The van der Waals surface area contributed by atoms with Gasteiger partial charge in [0.25, 0.3) is 0 Å². The monoisotopic (exact) mass is 528 g/mol. The van der Waals surface area contributed by atoms with Crippen molar-refractivity contribution in [2.24, 2.45) is 5.92 Å². The molecule has 0 bridgehead atoms. The lowest BCUT2D eigenvalue weighted by atomic mass is 10.0. The van der Waals surface area contributed by atoms with Crippen molar-refractivity contribution in [3.63, 3.8) is 0 Å². The number of amides is 2. The van der Waals surface area contributed by atoms with E-state index in [1.807, 2.05) is 24.3 Å². The highest BCUT2D eigenvalue weighted by Crippen LogP contribution is 2.29. The average molecular weight is 529 g/mol. The van der Waals surface area contributed by atoms with Gasteiger partial charge in [0.2, 0.25) is 11.8 Å². The minimum absolute atomic E-state index is 0.152. The Balaban J connectivity index is 1.75. The number of benzene rings is 2. The summed E-state index contributed by atoms with van der Waals surface area (Å²) in [5.74, 6) is -0.768. The number of hydrogen-bond donors (Lipinski definition) is 1. The lowest BCUT2D eigenvalue weighted by Gasteiger charge is -2.31. The fourth-order valence-corrected chi connectivity index (χ4v) is 4.19. The van der Waals surface area contributed by atoms with Gasteiger partial charge in [0.1, 0.15) is 18.1 Å². The number of pyridine rings is 1. The molecule has 4 rings (SSSR count). The Morgan fingerprint density at radius 3 is 2.41 bits per heavy atom. The Kier molecular flexibility index (Phi) is 8.98. The van der Waals surface area contributed by atoms with E-state index in [1.165, 1.54) is 9.58 Å². The summed E-state index contributed by atoms with van der Waals surface area (Å²) in [5, 5.41) is 11.3. The molecule has 10 nitrogen and oxygen atoms in total. The number of nitrogens with zero attached hydrogens (tertiary/aromatic N) is 5. The molecule has 0 spiro atoms. The highest BCUT2D eigenvalue weighted by molar-refractivity contribution is 6.02. The number of carbonyl (C=O) groups excluding carboxylic acids is 3. The van der Waals surface area contributed by atoms with E-state index in [0.29, 0.717) is 40.3 Å². The number of ether oxygens (including phenoxy) is 1. The van der Waals surface area contributed by atoms with Crippen LogP contribution >= 0.6 is 0 Å². The van der Waals surface area contributed by atoms with Gasteiger partial charge in [-0.15, -0.1) is 5.10 Å².